The average molecular weight is 397 g/mol. The number of sulfonamides is 1. The Balaban J connectivity index is 2.26. The molecule has 0 radical (unpaired) electrons. The van der Waals surface area contributed by atoms with Gasteiger partial charge < -0.3 is 5.11 Å². The second kappa shape index (κ2) is 10.1. The number of nitrogens with zero attached hydrogens (tertiary/aromatic N) is 2. The molecule has 27 heavy (non-hydrogen) atoms. The summed E-state index contributed by atoms with van der Waals surface area (Å²) in [5.41, 5.74) is 0.547. The maximum Gasteiger partial charge on any atom is 0.412 e. The monoisotopic (exact) mass is 396 g/mol. The minimum Gasteiger partial charge on any atom is -0.465 e. The van der Waals surface area contributed by atoms with Crippen LogP contribution in [0.2, 0.25) is 0 Å². The molecule has 0 unspecified atom stereocenters. The van der Waals surface area contributed by atoms with Crippen molar-refractivity contribution in [1.82, 2.24) is 4.31 Å². The van der Waals surface area contributed by atoms with Gasteiger partial charge in [0.15, 0.2) is 0 Å². The van der Waals surface area contributed by atoms with Crippen molar-refractivity contribution in [1.29, 1.82) is 0 Å². The molecule has 1 saturated carbocycles. The maximum absolute atomic E-state index is 12.9. The fourth-order valence-corrected chi connectivity index (χ4v) is 5.40. The van der Waals surface area contributed by atoms with Gasteiger partial charge in [-0.2, -0.15) is 4.31 Å². The van der Waals surface area contributed by atoms with Gasteiger partial charge >= 0.3 is 6.09 Å². The molecule has 0 atom stereocenters. The lowest BCUT2D eigenvalue weighted by atomic mass is 10.1. The third kappa shape index (κ3) is 5.45. The zero-order valence-electron chi connectivity index (χ0n) is 16.4. The standard InChI is InChI=1S/C20H32N2O4S/c1-3-15-21(16-4-2)27(25,26)19-13-11-18(12-14-19)22(20(23)24)17-9-7-5-6-8-10-17/h11-14,17H,3-10,15-16H2,1-2H3,(H,23,24). The molecule has 0 aliphatic heterocycles. The molecule has 0 bridgehead atoms. The van der Waals surface area contributed by atoms with Gasteiger partial charge in [-0.05, 0) is 49.9 Å². The van der Waals surface area contributed by atoms with Crippen molar-refractivity contribution in [3.63, 3.8) is 0 Å². The van der Waals surface area contributed by atoms with Crippen molar-refractivity contribution < 1.29 is 18.3 Å². The summed E-state index contributed by atoms with van der Waals surface area (Å²) in [5.74, 6) is 0. The molecule has 6 nitrogen and oxygen atoms in total. The molecule has 0 spiro atoms. The molecule has 1 aromatic carbocycles. The Labute approximate surface area is 163 Å². The van der Waals surface area contributed by atoms with Crippen LogP contribution >= 0.6 is 0 Å². The van der Waals surface area contributed by atoms with Crippen molar-refractivity contribution in [2.75, 3.05) is 18.0 Å². The highest BCUT2D eigenvalue weighted by Crippen LogP contribution is 2.28. The van der Waals surface area contributed by atoms with E-state index in [4.69, 9.17) is 0 Å². The Morgan fingerprint density at radius 1 is 1.00 bits per heavy atom. The molecule has 0 saturated heterocycles. The normalized spacial score (nSPS) is 16.3. The smallest absolute Gasteiger partial charge is 0.412 e. The van der Waals surface area contributed by atoms with Gasteiger partial charge in [0.05, 0.1) is 4.90 Å². The number of benzene rings is 1. The van der Waals surface area contributed by atoms with Gasteiger partial charge in [-0.1, -0.05) is 39.5 Å². The van der Waals surface area contributed by atoms with Crippen LogP contribution in [0.25, 0.3) is 0 Å². The Kier molecular flexibility index (Phi) is 8.10. The van der Waals surface area contributed by atoms with Crippen molar-refractivity contribution in [3.05, 3.63) is 24.3 Å². The molecule has 7 heteroatoms. The van der Waals surface area contributed by atoms with Crippen LogP contribution in [0.15, 0.2) is 29.2 Å². The minimum atomic E-state index is -3.55. The van der Waals surface area contributed by atoms with Crippen LogP contribution in [0, 0.1) is 0 Å². The van der Waals surface area contributed by atoms with Gasteiger partial charge in [-0.3, -0.25) is 4.90 Å². The van der Waals surface area contributed by atoms with Gasteiger partial charge in [0, 0.05) is 24.8 Å². The number of amides is 1. The van der Waals surface area contributed by atoms with Crippen molar-refractivity contribution in [2.24, 2.45) is 0 Å². The number of carbonyl (C=O) groups is 1. The van der Waals surface area contributed by atoms with Crippen LogP contribution in [-0.4, -0.2) is 43.1 Å². The fraction of sp³-hybridized carbons (Fsp3) is 0.650. The minimum absolute atomic E-state index is 0.0378. The number of hydrogen-bond donors (Lipinski definition) is 1. The first-order valence-corrected chi connectivity index (χ1v) is 11.5. The molecule has 1 aliphatic rings. The van der Waals surface area contributed by atoms with Crippen LogP contribution < -0.4 is 4.90 Å². The summed E-state index contributed by atoms with van der Waals surface area (Å²) in [6.45, 7) is 4.89. The van der Waals surface area contributed by atoms with Gasteiger partial charge in [0.1, 0.15) is 0 Å². The van der Waals surface area contributed by atoms with Crippen LogP contribution in [0.4, 0.5) is 10.5 Å². The highest BCUT2D eigenvalue weighted by Gasteiger charge is 2.27. The topological polar surface area (TPSA) is 77.9 Å². The predicted octanol–water partition coefficient (Wildman–Crippen LogP) is 4.70. The number of rotatable bonds is 8. The zero-order chi connectivity index (χ0) is 19.9. The Hall–Kier alpha value is -1.60. The molecule has 1 N–H and O–H groups in total. The first-order chi connectivity index (χ1) is 12.9. The summed E-state index contributed by atoms with van der Waals surface area (Å²) < 4.78 is 27.2. The van der Waals surface area contributed by atoms with E-state index in [0.717, 1.165) is 51.4 Å². The zero-order valence-corrected chi connectivity index (χ0v) is 17.2. The van der Waals surface area contributed by atoms with Gasteiger partial charge in [-0.25, -0.2) is 13.2 Å². The molecular weight excluding hydrogens is 364 g/mol. The highest BCUT2D eigenvalue weighted by atomic mass is 32.2. The summed E-state index contributed by atoms with van der Waals surface area (Å²) in [6, 6.07) is 6.29. The van der Waals surface area contributed by atoms with E-state index in [1.165, 1.54) is 21.3 Å². The highest BCUT2D eigenvalue weighted by molar-refractivity contribution is 7.89. The Bertz CT molecular complexity index is 689. The summed E-state index contributed by atoms with van der Waals surface area (Å²) in [7, 11) is -3.55. The van der Waals surface area contributed by atoms with E-state index in [1.807, 2.05) is 13.8 Å². The van der Waals surface area contributed by atoms with Gasteiger partial charge in [-0.15, -0.1) is 0 Å². The van der Waals surface area contributed by atoms with E-state index < -0.39 is 16.1 Å². The van der Waals surface area contributed by atoms with E-state index in [9.17, 15) is 18.3 Å². The fourth-order valence-electron chi connectivity index (χ4n) is 3.77. The first-order valence-electron chi connectivity index (χ1n) is 10.0. The largest absolute Gasteiger partial charge is 0.465 e. The molecule has 152 valence electrons. The van der Waals surface area contributed by atoms with Gasteiger partial charge in [0.2, 0.25) is 10.0 Å². The molecule has 0 heterocycles. The molecule has 1 amide bonds. The van der Waals surface area contributed by atoms with E-state index >= 15 is 0 Å². The number of hydrogen-bond acceptors (Lipinski definition) is 3. The summed E-state index contributed by atoms with van der Waals surface area (Å²) in [6.07, 6.45) is 6.60. The van der Waals surface area contributed by atoms with Crippen LogP contribution in [-0.2, 0) is 10.0 Å². The lowest BCUT2D eigenvalue weighted by Crippen LogP contribution is -2.39. The third-order valence-corrected chi connectivity index (χ3v) is 7.01. The molecule has 0 aromatic heterocycles. The van der Waals surface area contributed by atoms with Crippen molar-refractivity contribution >= 4 is 21.8 Å². The number of anilines is 1. The molecule has 1 aliphatic carbocycles. The SMILES string of the molecule is CCCN(CCC)S(=O)(=O)c1ccc(N(C(=O)O)C2CCCCCC2)cc1. The van der Waals surface area contributed by atoms with Crippen LogP contribution in [0.3, 0.4) is 0 Å². The summed E-state index contributed by atoms with van der Waals surface area (Å²) >= 11 is 0. The summed E-state index contributed by atoms with van der Waals surface area (Å²) in [5, 5.41) is 9.73. The molecule has 2 rings (SSSR count). The van der Waals surface area contributed by atoms with E-state index in [1.54, 1.807) is 12.1 Å². The van der Waals surface area contributed by atoms with Gasteiger partial charge in [0.25, 0.3) is 0 Å². The summed E-state index contributed by atoms with van der Waals surface area (Å²) in [4.78, 5) is 13.5. The maximum atomic E-state index is 12.9. The lowest BCUT2D eigenvalue weighted by molar-refractivity contribution is 0.198. The predicted molar refractivity (Wildman–Crippen MR) is 108 cm³/mol. The Morgan fingerprint density at radius 2 is 1.52 bits per heavy atom. The molecule has 1 fully saturated rings. The number of carboxylic acid groups (broad SMARTS) is 1. The van der Waals surface area contributed by atoms with Crippen molar-refractivity contribution in [3.8, 4) is 0 Å². The average Bonchev–Trinajstić information content (AvgIpc) is 2.91. The Morgan fingerprint density at radius 3 is 1.96 bits per heavy atom. The molecular formula is C20H32N2O4S. The van der Waals surface area contributed by atoms with Crippen molar-refractivity contribution in [2.45, 2.75) is 76.2 Å². The third-order valence-electron chi connectivity index (χ3n) is 5.09. The van der Waals surface area contributed by atoms with E-state index in [-0.39, 0.29) is 10.9 Å². The molecule has 1 aromatic rings. The first kappa shape index (κ1) is 21.7. The van der Waals surface area contributed by atoms with E-state index in [0.29, 0.717) is 18.8 Å². The lowest BCUT2D eigenvalue weighted by Gasteiger charge is -2.29. The second-order valence-electron chi connectivity index (χ2n) is 7.20. The van der Waals surface area contributed by atoms with Crippen LogP contribution in [0.5, 0.6) is 0 Å². The quantitative estimate of drug-likeness (QED) is 0.646. The van der Waals surface area contributed by atoms with E-state index in [2.05, 4.69) is 0 Å². The van der Waals surface area contributed by atoms with Crippen LogP contribution in [0.1, 0.15) is 65.2 Å². The second-order valence-corrected chi connectivity index (χ2v) is 9.13.